The van der Waals surface area contributed by atoms with Crippen LogP contribution in [0.5, 0.6) is 0 Å². The van der Waals surface area contributed by atoms with Crippen LogP contribution >= 0.6 is 0 Å². The van der Waals surface area contributed by atoms with Crippen molar-refractivity contribution in [3.05, 3.63) is 113 Å². The van der Waals surface area contributed by atoms with E-state index in [9.17, 15) is 13.0 Å². The van der Waals surface area contributed by atoms with Gasteiger partial charge in [0.1, 0.15) is 11.6 Å². The number of H-pyrrole nitrogens is 1. The van der Waals surface area contributed by atoms with Crippen LogP contribution in [0.1, 0.15) is 36.6 Å². The third kappa shape index (κ3) is 5.19. The zero-order chi connectivity index (χ0) is 26.9. The Morgan fingerprint density at radius 1 is 1.18 bits per heavy atom. The monoisotopic (exact) mass is 534 g/mol. The molecule has 0 saturated carbocycles. The number of aromatic nitrogens is 2. The number of halogens is 2. The lowest BCUT2D eigenvalue weighted by Gasteiger charge is -2.25. The van der Waals surface area contributed by atoms with Crippen molar-refractivity contribution in [3.8, 4) is 11.3 Å². The van der Waals surface area contributed by atoms with Gasteiger partial charge in [0.2, 0.25) is 0 Å². The van der Waals surface area contributed by atoms with Crippen molar-refractivity contribution in [2.75, 3.05) is 7.05 Å². The van der Waals surface area contributed by atoms with E-state index in [-0.39, 0.29) is 17.7 Å². The number of allylic oxidation sites excluding steroid dienone is 6. The van der Waals surface area contributed by atoms with Crippen molar-refractivity contribution in [2.45, 2.75) is 38.9 Å². The summed E-state index contributed by atoms with van der Waals surface area (Å²) in [6.07, 6.45) is 14.1. The molecule has 5 nitrogen and oxygen atoms in total. The van der Waals surface area contributed by atoms with E-state index in [1.807, 2.05) is 56.7 Å². The molecule has 2 N–H and O–H groups in total. The van der Waals surface area contributed by atoms with Gasteiger partial charge in [0.15, 0.2) is 0 Å². The summed E-state index contributed by atoms with van der Waals surface area (Å²) in [7, 11) is -0.987. The summed E-state index contributed by atoms with van der Waals surface area (Å²) < 4.78 is 45.0. The highest BCUT2D eigenvalue weighted by molar-refractivity contribution is 8.02. The third-order valence-corrected chi connectivity index (χ3v) is 9.02. The molecular weight excluding hydrogens is 502 g/mol. The standard InChI is InChI=1S/C30H32F2N4OS/c1-21-30(13-8-14-33-21)38(3,37)36-20-23(16-29(36)25-10-5-7-12-27(25)32)19-35(2)18-22-15-28(34-17-22)24-9-4-6-11-26(24)31/h4-5,7-10,12-17,20-21,33-34H,3,6,11,18-19H2,1-2H3. The molecule has 3 aromatic rings. The first kappa shape index (κ1) is 26.0. The lowest BCUT2D eigenvalue weighted by Crippen LogP contribution is -2.31. The Kier molecular flexibility index (Phi) is 7.27. The fourth-order valence-electron chi connectivity index (χ4n) is 5.00. The number of nitrogens with one attached hydrogen (secondary N) is 2. The number of nitrogens with zero attached hydrogens (tertiary/aromatic N) is 2. The van der Waals surface area contributed by atoms with Crippen LogP contribution in [0.2, 0.25) is 0 Å². The highest BCUT2D eigenvalue weighted by Gasteiger charge is 2.25. The summed E-state index contributed by atoms with van der Waals surface area (Å²) in [5, 5.41) is 3.18. The molecule has 1 aliphatic carbocycles. The molecule has 2 unspecified atom stereocenters. The van der Waals surface area contributed by atoms with Crippen molar-refractivity contribution in [1.29, 1.82) is 0 Å². The number of dihydropyridines is 1. The van der Waals surface area contributed by atoms with Crippen molar-refractivity contribution >= 4 is 21.2 Å². The highest BCUT2D eigenvalue weighted by Crippen LogP contribution is 2.31. The van der Waals surface area contributed by atoms with Crippen molar-refractivity contribution in [1.82, 2.24) is 19.2 Å². The predicted molar refractivity (Wildman–Crippen MR) is 153 cm³/mol. The maximum atomic E-state index is 14.9. The van der Waals surface area contributed by atoms with Gasteiger partial charge in [0.25, 0.3) is 0 Å². The van der Waals surface area contributed by atoms with Gasteiger partial charge in [-0.1, -0.05) is 24.3 Å². The first-order chi connectivity index (χ1) is 18.2. The fraction of sp³-hybridized carbons (Fsp3) is 0.233. The molecule has 0 spiro atoms. The van der Waals surface area contributed by atoms with E-state index in [0.717, 1.165) is 23.2 Å². The summed E-state index contributed by atoms with van der Waals surface area (Å²) in [6.45, 7) is 3.08. The number of hydrogen-bond donors (Lipinski definition) is 2. The molecule has 2 aliphatic rings. The van der Waals surface area contributed by atoms with Crippen LogP contribution in [0, 0.1) is 5.82 Å². The van der Waals surface area contributed by atoms with Gasteiger partial charge < -0.3 is 10.3 Å². The van der Waals surface area contributed by atoms with Gasteiger partial charge in [-0.25, -0.2) is 13.0 Å². The van der Waals surface area contributed by atoms with Gasteiger partial charge in [-0.2, -0.15) is 0 Å². The van der Waals surface area contributed by atoms with Gasteiger partial charge in [-0.3, -0.25) is 8.87 Å². The maximum absolute atomic E-state index is 14.9. The largest absolute Gasteiger partial charge is 0.384 e. The molecule has 0 fully saturated rings. The minimum absolute atomic E-state index is 0.0962. The van der Waals surface area contributed by atoms with Crippen molar-refractivity contribution in [3.63, 3.8) is 0 Å². The Hall–Kier alpha value is -3.62. The summed E-state index contributed by atoms with van der Waals surface area (Å²) in [4.78, 5) is 5.94. The van der Waals surface area contributed by atoms with E-state index in [2.05, 4.69) is 21.1 Å². The normalized spacial score (nSPS) is 19.0. The van der Waals surface area contributed by atoms with Crippen molar-refractivity contribution in [2.24, 2.45) is 0 Å². The summed E-state index contributed by atoms with van der Waals surface area (Å²) in [6, 6.07) is 10.2. The molecule has 5 rings (SSSR count). The second-order valence-corrected chi connectivity index (χ2v) is 12.0. The molecule has 3 heterocycles. The smallest absolute Gasteiger partial charge is 0.132 e. The highest BCUT2D eigenvalue weighted by atomic mass is 32.2. The number of aromatic amines is 1. The Bertz CT molecular complexity index is 1570. The molecule has 0 bridgehead atoms. The van der Waals surface area contributed by atoms with Crippen LogP contribution < -0.4 is 5.32 Å². The van der Waals surface area contributed by atoms with Gasteiger partial charge in [-0.05, 0) is 80.0 Å². The molecule has 198 valence electrons. The topological polar surface area (TPSA) is 53.1 Å². The maximum Gasteiger partial charge on any atom is 0.132 e. The first-order valence-electron chi connectivity index (χ1n) is 12.6. The van der Waals surface area contributed by atoms with Crippen LogP contribution in [-0.2, 0) is 22.8 Å². The molecule has 0 radical (unpaired) electrons. The van der Waals surface area contributed by atoms with E-state index in [0.29, 0.717) is 41.2 Å². The number of benzene rings is 1. The van der Waals surface area contributed by atoms with Crippen LogP contribution in [0.15, 0.2) is 90.0 Å². The molecule has 2 atom stereocenters. The molecule has 38 heavy (non-hydrogen) atoms. The second-order valence-electron chi connectivity index (χ2n) is 9.85. The molecule has 0 saturated heterocycles. The predicted octanol–water partition coefficient (Wildman–Crippen LogP) is 6.15. The van der Waals surface area contributed by atoms with E-state index in [1.54, 1.807) is 34.4 Å². The lowest BCUT2D eigenvalue weighted by molar-refractivity contribution is 0.319. The zero-order valence-electron chi connectivity index (χ0n) is 21.6. The van der Waals surface area contributed by atoms with Crippen molar-refractivity contribution < 1.29 is 13.0 Å². The summed E-state index contributed by atoms with van der Waals surface area (Å²) >= 11 is 0. The number of rotatable bonds is 8. The second kappa shape index (κ2) is 10.6. The Morgan fingerprint density at radius 2 is 1.97 bits per heavy atom. The van der Waals surface area contributed by atoms with E-state index >= 15 is 0 Å². The average molecular weight is 535 g/mol. The van der Waals surface area contributed by atoms with Gasteiger partial charge in [-0.15, -0.1) is 0 Å². The Morgan fingerprint density at radius 3 is 2.74 bits per heavy atom. The van der Waals surface area contributed by atoms with Gasteiger partial charge in [0.05, 0.1) is 21.4 Å². The van der Waals surface area contributed by atoms with E-state index in [1.165, 1.54) is 6.07 Å². The Labute approximate surface area is 223 Å². The zero-order valence-corrected chi connectivity index (χ0v) is 22.4. The van der Waals surface area contributed by atoms with Crippen LogP contribution in [0.4, 0.5) is 8.78 Å². The average Bonchev–Trinajstić information content (AvgIpc) is 3.52. The van der Waals surface area contributed by atoms with Crippen LogP contribution in [-0.4, -0.2) is 37.0 Å². The third-order valence-electron chi connectivity index (χ3n) is 6.85. The molecular formula is C30H32F2N4OS. The van der Waals surface area contributed by atoms with Gasteiger partial charge >= 0.3 is 0 Å². The Balaban J connectivity index is 1.43. The van der Waals surface area contributed by atoms with Crippen LogP contribution in [0.3, 0.4) is 0 Å². The number of hydrogen-bond acceptors (Lipinski definition) is 3. The molecule has 1 aliphatic heterocycles. The molecule has 0 amide bonds. The van der Waals surface area contributed by atoms with Crippen LogP contribution in [0.25, 0.3) is 16.8 Å². The molecule has 2 aromatic heterocycles. The quantitative estimate of drug-likeness (QED) is 0.341. The lowest BCUT2D eigenvalue weighted by atomic mass is 10.0. The fourth-order valence-corrected chi connectivity index (χ4v) is 6.91. The van der Waals surface area contributed by atoms with E-state index in [4.69, 9.17) is 0 Å². The van der Waals surface area contributed by atoms with E-state index < -0.39 is 9.71 Å². The SMILES string of the molecule is C=S(=O)(C1=CC=CNC1C)n1cc(CN(C)Cc2c[nH]c(C3=C(F)CCC=C3)c2)cc1-c1ccccc1F. The molecule has 8 heteroatoms. The minimum atomic E-state index is -2.97. The first-order valence-corrected chi connectivity index (χ1v) is 14.3. The van der Waals surface area contributed by atoms with Gasteiger partial charge in [0, 0.05) is 53.6 Å². The minimum Gasteiger partial charge on any atom is -0.384 e. The summed E-state index contributed by atoms with van der Waals surface area (Å²) in [5.74, 6) is 3.63. The summed E-state index contributed by atoms with van der Waals surface area (Å²) in [5.41, 5.74) is 4.17. The molecule has 1 aromatic carbocycles.